The number of phosphoric acid groups is 1. The van der Waals surface area contributed by atoms with Crippen LogP contribution >= 0.6 is 30.4 Å². The Morgan fingerprint density at radius 3 is 1.79 bits per heavy atom. The lowest BCUT2D eigenvalue weighted by atomic mass is 10.0. The molecule has 1 unspecified atom stereocenters. The van der Waals surface area contributed by atoms with Crippen LogP contribution in [0.15, 0.2) is 28.4 Å². The van der Waals surface area contributed by atoms with Crippen LogP contribution in [0.4, 0.5) is 13.2 Å². The van der Waals surface area contributed by atoms with Gasteiger partial charge in [-0.3, -0.25) is 23.4 Å². The van der Waals surface area contributed by atoms with Crippen LogP contribution in [-0.4, -0.2) is 87.1 Å². The molecule has 0 saturated heterocycles. The maximum atomic E-state index is 13.3. The number of benzene rings is 1. The third-order valence-corrected chi connectivity index (χ3v) is 11.2. The fourth-order valence-electron chi connectivity index (χ4n) is 5.64. The van der Waals surface area contributed by atoms with E-state index < -0.39 is 50.3 Å². The van der Waals surface area contributed by atoms with Crippen LogP contribution in [0.5, 0.6) is 0 Å². The van der Waals surface area contributed by atoms with E-state index in [9.17, 15) is 37.0 Å². The third kappa shape index (κ3) is 22.1. The molecule has 1 aromatic rings. The van der Waals surface area contributed by atoms with Gasteiger partial charge in [-0.25, -0.2) is 4.57 Å². The predicted octanol–water partition coefficient (Wildman–Crippen LogP) is 9.85. The van der Waals surface area contributed by atoms with Gasteiger partial charge in [0.15, 0.2) is 6.10 Å². The summed E-state index contributed by atoms with van der Waals surface area (Å²) in [4.78, 5) is 47.5. The fourth-order valence-corrected chi connectivity index (χ4v) is 7.06. The second kappa shape index (κ2) is 26.1. The third-order valence-electron chi connectivity index (χ3n) is 9.20. The van der Waals surface area contributed by atoms with Gasteiger partial charge in [-0.2, -0.15) is 13.2 Å². The minimum atomic E-state index is -4.61. The number of carbonyl (C=O) groups excluding carboxylic acids is 3. The summed E-state index contributed by atoms with van der Waals surface area (Å²) >= 11 is 1.90. The van der Waals surface area contributed by atoms with Crippen LogP contribution in [0.2, 0.25) is 0 Å². The predicted molar refractivity (Wildman–Crippen MR) is 216 cm³/mol. The molecule has 1 aliphatic rings. The largest absolute Gasteiger partial charge is 0.472 e. The first-order valence-electron chi connectivity index (χ1n) is 20.1. The van der Waals surface area contributed by atoms with Crippen molar-refractivity contribution >= 4 is 48.3 Å². The van der Waals surface area contributed by atoms with E-state index in [1.165, 1.54) is 50.3 Å². The molecule has 1 heterocycles. The lowest BCUT2D eigenvalue weighted by Gasteiger charge is -2.24. The SMILES string of the molecule is CCCCCCCCCCCC(=O)OC[C@H](COP(=O)(O)OCC[N+](C)(C)C)OC(=O)CCCCCCCCC(=O)OCc1ccc(C2(C(F)(F)F)N=N2)cc1[125I]. The Morgan fingerprint density at radius 2 is 1.30 bits per heavy atom. The first-order valence-corrected chi connectivity index (χ1v) is 22.7. The van der Waals surface area contributed by atoms with E-state index in [0.29, 0.717) is 39.4 Å². The van der Waals surface area contributed by atoms with Crippen molar-refractivity contribution in [3.8, 4) is 0 Å². The highest BCUT2D eigenvalue weighted by atomic mass is 125. The Hall–Kier alpha value is -2.18. The maximum absolute atomic E-state index is 13.3. The summed E-state index contributed by atoms with van der Waals surface area (Å²) in [5, 5.41) is 6.42. The van der Waals surface area contributed by atoms with Crippen LogP contribution in [0.1, 0.15) is 134 Å². The maximum Gasteiger partial charge on any atom is 0.472 e. The number of carbonyl (C=O) groups is 3. The average molecular weight is 947 g/mol. The van der Waals surface area contributed by atoms with Crippen LogP contribution in [0.3, 0.4) is 0 Å². The molecule has 0 saturated carbocycles. The van der Waals surface area contributed by atoms with Gasteiger partial charge in [-0.1, -0.05) is 96.1 Å². The molecular weight excluding hydrogens is 883 g/mol. The number of esters is 3. The van der Waals surface area contributed by atoms with Crippen molar-refractivity contribution in [3.05, 3.63) is 32.9 Å². The van der Waals surface area contributed by atoms with Gasteiger partial charge in [0.1, 0.15) is 26.4 Å². The van der Waals surface area contributed by atoms with E-state index in [0.717, 1.165) is 44.9 Å². The molecule has 326 valence electrons. The van der Waals surface area contributed by atoms with Crippen molar-refractivity contribution in [3.63, 3.8) is 0 Å². The Morgan fingerprint density at radius 1 is 0.789 bits per heavy atom. The van der Waals surface area contributed by atoms with Gasteiger partial charge in [-0.15, -0.1) is 10.2 Å². The summed E-state index contributed by atoms with van der Waals surface area (Å²) in [5.41, 5.74) is -1.99. The molecule has 57 heavy (non-hydrogen) atoms. The van der Waals surface area contributed by atoms with Crippen LogP contribution in [0, 0.1) is 3.57 Å². The van der Waals surface area contributed by atoms with Gasteiger partial charge < -0.3 is 23.6 Å². The Labute approximate surface area is 349 Å². The molecule has 1 N–H and O–H groups in total. The molecule has 2 rings (SSSR count). The van der Waals surface area contributed by atoms with E-state index in [-0.39, 0.29) is 44.6 Å². The van der Waals surface area contributed by atoms with Crippen molar-refractivity contribution in [2.24, 2.45) is 10.2 Å². The zero-order chi connectivity index (χ0) is 42.4. The molecule has 0 fully saturated rings. The lowest BCUT2D eigenvalue weighted by Crippen LogP contribution is -2.37. The number of unbranched alkanes of at least 4 members (excludes halogenated alkanes) is 13. The number of hydrogen-bond donors (Lipinski definition) is 1. The summed E-state index contributed by atoms with van der Waals surface area (Å²) in [7, 11) is 1.28. The zero-order valence-electron chi connectivity index (χ0n) is 34.0. The molecule has 0 aliphatic carbocycles. The number of halogens is 4. The first kappa shape index (κ1) is 51.0. The average Bonchev–Trinajstić information content (AvgIpc) is 3.95. The van der Waals surface area contributed by atoms with E-state index in [1.807, 2.05) is 43.7 Å². The first-order chi connectivity index (χ1) is 26.9. The molecule has 0 bridgehead atoms. The number of hydrogen-bond acceptors (Lipinski definition) is 11. The Kier molecular flexibility index (Phi) is 23.4. The fraction of sp³-hybridized carbons (Fsp3) is 0.769. The van der Waals surface area contributed by atoms with Crippen LogP contribution in [-0.2, 0) is 54.5 Å². The van der Waals surface area contributed by atoms with Crippen molar-refractivity contribution in [1.29, 1.82) is 0 Å². The standard InChI is InChI=1S/C39H62F3IN3O10P/c1-5-6-7-8-9-10-11-14-18-21-36(48)53-29-33(30-55-57(50,51)54-26-25-46(2,3)4)56-37(49)22-19-16-13-12-15-17-20-35(47)52-28-31-23-24-32(27-34(31)43)38(44-45-38)39(40,41)42/h23-24,27,33H,5-22,25-26,28-30H2,1-4H3/p+1/t33-/m1/s1/i43-2. The second-order valence-corrected chi connectivity index (χ2v) is 18.1. The summed E-state index contributed by atoms with van der Waals surface area (Å²) in [6, 6.07) is 4.13. The van der Waals surface area contributed by atoms with Gasteiger partial charge >= 0.3 is 37.6 Å². The summed E-state index contributed by atoms with van der Waals surface area (Å²) in [6.45, 7) is 1.77. The van der Waals surface area contributed by atoms with Crippen molar-refractivity contribution < 1.29 is 64.8 Å². The number of nitrogens with zero attached hydrogens (tertiary/aromatic N) is 3. The molecule has 18 heteroatoms. The molecule has 0 radical (unpaired) electrons. The highest BCUT2D eigenvalue weighted by molar-refractivity contribution is 14.1. The van der Waals surface area contributed by atoms with E-state index in [1.54, 1.807) is 0 Å². The normalized spacial score (nSPS) is 15.2. The number of phosphoric ester groups is 1. The zero-order valence-corrected chi connectivity index (χ0v) is 37.0. The van der Waals surface area contributed by atoms with E-state index in [4.69, 9.17) is 23.3 Å². The van der Waals surface area contributed by atoms with Crippen LogP contribution < -0.4 is 0 Å². The monoisotopic (exact) mass is 946 g/mol. The van der Waals surface area contributed by atoms with Gasteiger partial charge in [0.05, 0.1) is 27.7 Å². The smallest absolute Gasteiger partial charge is 0.462 e. The van der Waals surface area contributed by atoms with Gasteiger partial charge in [-0.05, 0) is 47.9 Å². The lowest BCUT2D eigenvalue weighted by molar-refractivity contribution is -0.870. The number of ether oxygens (including phenoxy) is 3. The molecule has 0 amide bonds. The molecule has 0 aromatic heterocycles. The number of quaternary nitrogens is 1. The molecular formula is C39H63F3IN3O10P+. The number of alkyl halides is 3. The summed E-state index contributed by atoms with van der Waals surface area (Å²) in [5.74, 6) is -1.40. The summed E-state index contributed by atoms with van der Waals surface area (Å²) in [6.07, 6.45) is 9.04. The highest BCUT2D eigenvalue weighted by Crippen LogP contribution is 2.52. The van der Waals surface area contributed by atoms with Crippen molar-refractivity contribution in [2.75, 3.05) is 47.5 Å². The topological polar surface area (TPSA) is 159 Å². The summed E-state index contributed by atoms with van der Waals surface area (Å²) < 4.78 is 79.6. The van der Waals surface area contributed by atoms with Crippen molar-refractivity contribution in [2.45, 2.75) is 147 Å². The van der Waals surface area contributed by atoms with Crippen molar-refractivity contribution in [1.82, 2.24) is 0 Å². The van der Waals surface area contributed by atoms with Gasteiger partial charge in [0.2, 0.25) is 0 Å². The molecule has 1 aliphatic heterocycles. The minimum absolute atomic E-state index is 0.0250. The molecule has 2 atom stereocenters. The van der Waals surface area contributed by atoms with E-state index in [2.05, 4.69) is 17.2 Å². The number of likely N-dealkylation sites (N-methyl/N-ethyl adjacent to an activating group) is 1. The highest BCUT2D eigenvalue weighted by Gasteiger charge is 2.65. The molecule has 13 nitrogen and oxygen atoms in total. The van der Waals surface area contributed by atoms with Gasteiger partial charge in [0, 0.05) is 34.0 Å². The van der Waals surface area contributed by atoms with Crippen LogP contribution in [0.25, 0.3) is 0 Å². The molecule has 0 spiro atoms. The second-order valence-electron chi connectivity index (χ2n) is 15.4. The molecule has 1 aromatic carbocycles. The quantitative estimate of drug-likeness (QED) is 0.0184. The Balaban J connectivity index is 1.66. The van der Waals surface area contributed by atoms with E-state index >= 15 is 0 Å². The van der Waals surface area contributed by atoms with Gasteiger partial charge in [0.25, 0.3) is 0 Å². The number of rotatable bonds is 32. The Bertz CT molecular complexity index is 1460. The minimum Gasteiger partial charge on any atom is -0.462 e.